The van der Waals surface area contributed by atoms with Crippen molar-refractivity contribution >= 4 is 17.9 Å². The molecule has 3 atom stereocenters. The topological polar surface area (TPSA) is 78.9 Å². The molecule has 6 heteroatoms. The van der Waals surface area contributed by atoms with Crippen LogP contribution in [-0.4, -0.2) is 37.2 Å². The molecule has 0 heterocycles. The monoisotopic (exact) mass is 765 g/mol. The van der Waals surface area contributed by atoms with Crippen molar-refractivity contribution in [1.82, 2.24) is 0 Å². The van der Waals surface area contributed by atoms with E-state index in [0.717, 1.165) is 69.6 Å². The van der Waals surface area contributed by atoms with E-state index in [-0.39, 0.29) is 31.1 Å². The van der Waals surface area contributed by atoms with Gasteiger partial charge in [0.25, 0.3) is 0 Å². The first kappa shape index (κ1) is 52.4. The average molecular weight is 765 g/mol. The fraction of sp³-hybridized carbons (Fsp3) is 0.938. The van der Waals surface area contributed by atoms with Crippen LogP contribution < -0.4 is 0 Å². The minimum absolute atomic E-state index is 0.0650. The second-order valence-corrected chi connectivity index (χ2v) is 16.9. The Balaban J connectivity index is 4.34. The molecule has 320 valence electrons. The molecule has 0 aliphatic heterocycles. The number of rotatable bonds is 42. The van der Waals surface area contributed by atoms with Crippen LogP contribution in [0.5, 0.6) is 0 Å². The minimum atomic E-state index is -0.761. The SMILES string of the molecule is CCCCCCCCCCCCC(=O)OC[C@H](COC(=O)CCCCCCCCCCCCC(C)CC)OC(=O)CCCCCCCCCCC(C)CC. The summed E-state index contributed by atoms with van der Waals surface area (Å²) in [7, 11) is 0. The van der Waals surface area contributed by atoms with Crippen molar-refractivity contribution in [2.75, 3.05) is 13.2 Å². The van der Waals surface area contributed by atoms with Gasteiger partial charge in [-0.3, -0.25) is 14.4 Å². The highest BCUT2D eigenvalue weighted by Gasteiger charge is 2.19. The first-order valence-corrected chi connectivity index (χ1v) is 23.8. The molecule has 54 heavy (non-hydrogen) atoms. The average Bonchev–Trinajstić information content (AvgIpc) is 3.17. The first-order valence-electron chi connectivity index (χ1n) is 23.8. The van der Waals surface area contributed by atoms with Crippen LogP contribution in [0.3, 0.4) is 0 Å². The standard InChI is InChI=1S/C48H92O6/c1-6-9-10-11-12-13-17-23-28-33-38-46(49)52-41-45(54-48(51)40-35-30-25-20-19-22-27-32-37-44(5)8-3)42-53-47(50)39-34-29-24-18-15-14-16-21-26-31-36-43(4)7-2/h43-45H,6-42H2,1-5H3/t43?,44?,45-/m1/s1. The minimum Gasteiger partial charge on any atom is -0.462 e. The summed E-state index contributed by atoms with van der Waals surface area (Å²) >= 11 is 0. The maximum absolute atomic E-state index is 12.7. The van der Waals surface area contributed by atoms with Gasteiger partial charge in [-0.2, -0.15) is 0 Å². The van der Waals surface area contributed by atoms with Crippen LogP contribution in [0.25, 0.3) is 0 Å². The van der Waals surface area contributed by atoms with Gasteiger partial charge in [0.15, 0.2) is 6.10 Å². The molecule has 0 N–H and O–H groups in total. The largest absolute Gasteiger partial charge is 0.462 e. The lowest BCUT2D eigenvalue weighted by Crippen LogP contribution is -2.30. The van der Waals surface area contributed by atoms with Crippen LogP contribution >= 0.6 is 0 Å². The van der Waals surface area contributed by atoms with E-state index in [4.69, 9.17) is 14.2 Å². The Labute approximate surface area is 336 Å². The Kier molecular flexibility index (Phi) is 39.8. The molecule has 0 saturated carbocycles. The quantitative estimate of drug-likeness (QED) is 0.0350. The van der Waals surface area contributed by atoms with E-state index in [1.165, 1.54) is 148 Å². The van der Waals surface area contributed by atoms with Crippen molar-refractivity contribution in [1.29, 1.82) is 0 Å². The van der Waals surface area contributed by atoms with E-state index in [0.29, 0.717) is 19.3 Å². The van der Waals surface area contributed by atoms with E-state index in [1.54, 1.807) is 0 Å². The number of carbonyl (C=O) groups excluding carboxylic acids is 3. The van der Waals surface area contributed by atoms with E-state index < -0.39 is 6.10 Å². The van der Waals surface area contributed by atoms with Crippen molar-refractivity contribution in [3.8, 4) is 0 Å². The molecule has 0 aromatic rings. The number of hydrogen-bond donors (Lipinski definition) is 0. The second kappa shape index (κ2) is 41.1. The second-order valence-electron chi connectivity index (χ2n) is 16.9. The molecule has 0 spiro atoms. The van der Waals surface area contributed by atoms with Gasteiger partial charge in [-0.15, -0.1) is 0 Å². The van der Waals surface area contributed by atoms with E-state index in [2.05, 4.69) is 34.6 Å². The fourth-order valence-electron chi connectivity index (χ4n) is 7.04. The Hall–Kier alpha value is -1.59. The zero-order chi connectivity index (χ0) is 39.7. The molecule has 0 aliphatic rings. The summed E-state index contributed by atoms with van der Waals surface area (Å²) in [5.74, 6) is 0.857. The zero-order valence-corrected chi connectivity index (χ0v) is 36.8. The number of hydrogen-bond acceptors (Lipinski definition) is 6. The molecule has 0 amide bonds. The van der Waals surface area contributed by atoms with Crippen LogP contribution in [0.2, 0.25) is 0 Å². The molecule has 0 rings (SSSR count). The van der Waals surface area contributed by atoms with Crippen LogP contribution in [-0.2, 0) is 28.6 Å². The molecule has 6 nitrogen and oxygen atoms in total. The first-order chi connectivity index (χ1) is 26.3. The number of carbonyl (C=O) groups is 3. The third kappa shape index (κ3) is 38.7. The summed E-state index contributed by atoms with van der Waals surface area (Å²) in [6, 6.07) is 0. The van der Waals surface area contributed by atoms with Crippen LogP contribution in [0.4, 0.5) is 0 Å². The summed E-state index contributed by atoms with van der Waals surface area (Å²) in [6.07, 6.45) is 39.3. The summed E-state index contributed by atoms with van der Waals surface area (Å²) in [4.78, 5) is 37.8. The lowest BCUT2D eigenvalue weighted by molar-refractivity contribution is -0.167. The number of ether oxygens (including phenoxy) is 3. The summed E-state index contributed by atoms with van der Waals surface area (Å²) in [5.41, 5.74) is 0. The van der Waals surface area contributed by atoms with Gasteiger partial charge in [0.2, 0.25) is 0 Å². The van der Waals surface area contributed by atoms with Crippen molar-refractivity contribution in [3.63, 3.8) is 0 Å². The summed E-state index contributed by atoms with van der Waals surface area (Å²) in [6.45, 7) is 11.4. The lowest BCUT2D eigenvalue weighted by atomic mass is 9.99. The Bertz CT molecular complexity index is 828. The highest BCUT2D eigenvalue weighted by molar-refractivity contribution is 5.71. The van der Waals surface area contributed by atoms with Crippen molar-refractivity contribution < 1.29 is 28.6 Å². The van der Waals surface area contributed by atoms with Gasteiger partial charge in [0.1, 0.15) is 13.2 Å². The molecule has 0 fully saturated rings. The van der Waals surface area contributed by atoms with E-state index >= 15 is 0 Å². The van der Waals surface area contributed by atoms with Gasteiger partial charge in [-0.25, -0.2) is 0 Å². The lowest BCUT2D eigenvalue weighted by Gasteiger charge is -2.18. The number of unbranched alkanes of at least 4 members (excludes halogenated alkanes) is 25. The van der Waals surface area contributed by atoms with Gasteiger partial charge in [-0.1, -0.05) is 221 Å². The number of esters is 3. The fourth-order valence-corrected chi connectivity index (χ4v) is 7.04. The van der Waals surface area contributed by atoms with E-state index in [9.17, 15) is 14.4 Å². The van der Waals surface area contributed by atoms with Crippen LogP contribution in [0, 0.1) is 11.8 Å². The summed E-state index contributed by atoms with van der Waals surface area (Å²) < 4.78 is 16.7. The maximum atomic E-state index is 12.7. The molecule has 2 unspecified atom stereocenters. The summed E-state index contributed by atoms with van der Waals surface area (Å²) in [5, 5.41) is 0. The molecular formula is C48H92O6. The van der Waals surface area contributed by atoms with Crippen molar-refractivity contribution in [3.05, 3.63) is 0 Å². The highest BCUT2D eigenvalue weighted by Crippen LogP contribution is 2.18. The van der Waals surface area contributed by atoms with Crippen LogP contribution in [0.15, 0.2) is 0 Å². The molecule has 0 aromatic carbocycles. The van der Waals surface area contributed by atoms with Crippen LogP contribution in [0.1, 0.15) is 259 Å². The van der Waals surface area contributed by atoms with Gasteiger partial charge >= 0.3 is 17.9 Å². The Morgan fingerprint density at radius 3 is 0.963 bits per heavy atom. The molecule has 0 radical (unpaired) electrons. The highest BCUT2D eigenvalue weighted by atomic mass is 16.6. The van der Waals surface area contributed by atoms with Crippen molar-refractivity contribution in [2.24, 2.45) is 11.8 Å². The Morgan fingerprint density at radius 1 is 0.370 bits per heavy atom. The third-order valence-electron chi connectivity index (χ3n) is 11.4. The molecule has 0 bridgehead atoms. The van der Waals surface area contributed by atoms with Gasteiger partial charge in [0.05, 0.1) is 0 Å². The van der Waals surface area contributed by atoms with Crippen molar-refractivity contribution in [2.45, 2.75) is 265 Å². The third-order valence-corrected chi connectivity index (χ3v) is 11.4. The zero-order valence-electron chi connectivity index (χ0n) is 36.8. The molecular weight excluding hydrogens is 673 g/mol. The maximum Gasteiger partial charge on any atom is 0.306 e. The van der Waals surface area contributed by atoms with Gasteiger partial charge in [0, 0.05) is 19.3 Å². The van der Waals surface area contributed by atoms with Gasteiger partial charge in [-0.05, 0) is 31.1 Å². The predicted octanol–water partition coefficient (Wildman–Crippen LogP) is 15.0. The Morgan fingerprint density at radius 2 is 0.648 bits per heavy atom. The molecule has 0 aromatic heterocycles. The normalized spacial score (nSPS) is 13.1. The van der Waals surface area contributed by atoms with E-state index in [1.807, 2.05) is 0 Å². The molecule has 0 saturated heterocycles. The predicted molar refractivity (Wildman–Crippen MR) is 229 cm³/mol. The van der Waals surface area contributed by atoms with Gasteiger partial charge < -0.3 is 14.2 Å². The smallest absolute Gasteiger partial charge is 0.306 e. The molecule has 0 aliphatic carbocycles.